The molecule has 0 atom stereocenters. The molecule has 0 N–H and O–H groups in total. The van der Waals surface area contributed by atoms with Gasteiger partial charge in [0.25, 0.3) is 0 Å². The number of fused-ring (bicyclic) bond motifs is 3. The molecule has 0 bridgehead atoms. The van der Waals surface area contributed by atoms with Gasteiger partial charge in [-0.3, -0.25) is 9.47 Å². The molecule has 1 aliphatic carbocycles. The van der Waals surface area contributed by atoms with E-state index in [0.717, 1.165) is 60.3 Å². The summed E-state index contributed by atoms with van der Waals surface area (Å²) in [6.07, 6.45) is 2.19. The van der Waals surface area contributed by atoms with Crippen molar-refractivity contribution < 1.29 is 8.42 Å². The Kier molecular flexibility index (Phi) is 4.89. The molecular weight excluding hydrogens is 496 g/mol. The number of halogens is 1. The fraction of sp³-hybridized carbons (Fsp3) is 0.500. The predicted molar refractivity (Wildman–Crippen MR) is 138 cm³/mol. The van der Waals surface area contributed by atoms with Crippen LogP contribution >= 0.6 is 11.6 Å². The number of hydrogen-bond acceptors (Lipinski definition) is 7. The first-order valence-electron chi connectivity index (χ1n) is 12.5. The van der Waals surface area contributed by atoms with Crippen molar-refractivity contribution in [3.63, 3.8) is 0 Å². The van der Waals surface area contributed by atoms with Crippen LogP contribution in [-0.4, -0.2) is 63.7 Å². The van der Waals surface area contributed by atoms with Gasteiger partial charge in [-0.05, 0) is 68.1 Å². The molecular formula is C26H29ClN6O2S. The van der Waals surface area contributed by atoms with Gasteiger partial charge in [-0.15, -0.1) is 10.2 Å². The monoisotopic (exact) mass is 524 g/mol. The highest BCUT2D eigenvalue weighted by atomic mass is 35.5. The molecule has 2 aromatic heterocycles. The smallest absolute Gasteiger partial charge is 0.153 e. The largest absolute Gasteiger partial charge is 0.355 e. The van der Waals surface area contributed by atoms with Gasteiger partial charge < -0.3 is 4.90 Å². The third-order valence-corrected chi connectivity index (χ3v) is 10.4. The normalized spacial score (nSPS) is 22.8. The summed E-state index contributed by atoms with van der Waals surface area (Å²) in [4.78, 5) is 9.35. The van der Waals surface area contributed by atoms with E-state index in [4.69, 9.17) is 16.6 Å². The molecule has 0 radical (unpaired) electrons. The number of hydrogen-bond donors (Lipinski definition) is 0. The van der Waals surface area contributed by atoms with Crippen LogP contribution in [-0.2, 0) is 22.9 Å². The molecule has 1 spiro atoms. The number of nitrogens with zero attached hydrogens (tertiary/aromatic N) is 6. The van der Waals surface area contributed by atoms with Crippen LogP contribution in [0, 0.1) is 19.3 Å². The minimum Gasteiger partial charge on any atom is -0.355 e. The lowest BCUT2D eigenvalue weighted by Gasteiger charge is -2.59. The average molecular weight is 525 g/mol. The van der Waals surface area contributed by atoms with Crippen LogP contribution in [0.1, 0.15) is 47.2 Å². The lowest BCUT2D eigenvalue weighted by molar-refractivity contribution is 0.0581. The Morgan fingerprint density at radius 2 is 1.81 bits per heavy atom. The Hall–Kier alpha value is -2.49. The number of sulfone groups is 1. The van der Waals surface area contributed by atoms with E-state index in [0.29, 0.717) is 29.4 Å². The third kappa shape index (κ3) is 3.66. The third-order valence-electron chi connectivity index (χ3n) is 8.35. The standard InChI is InChI=1S/C26H29ClN6O2S/c1-16-5-17(2)28-23(6-16)32-14-26(15-32)8-19(9-26)25-30-29-24-11-31(21-12-36(34,35)13-21)10-18-7-20(27)3-4-22(18)33(24)25/h3-7,19,21H,8-15H2,1-2H3. The minimum absolute atomic E-state index is 0.0142. The molecule has 1 saturated carbocycles. The maximum Gasteiger partial charge on any atom is 0.153 e. The molecule has 7 rings (SSSR count). The van der Waals surface area contributed by atoms with Gasteiger partial charge in [-0.2, -0.15) is 0 Å². The number of rotatable bonds is 3. The second-order valence-corrected chi connectivity index (χ2v) is 13.9. The lowest BCUT2D eigenvalue weighted by Crippen LogP contribution is -2.62. The zero-order valence-corrected chi connectivity index (χ0v) is 22.1. The van der Waals surface area contributed by atoms with Crippen LogP contribution < -0.4 is 4.90 Å². The van der Waals surface area contributed by atoms with E-state index in [1.165, 1.54) is 5.56 Å². The topological polar surface area (TPSA) is 84.2 Å². The van der Waals surface area contributed by atoms with Crippen LogP contribution in [0.5, 0.6) is 0 Å². The molecule has 2 saturated heterocycles. The molecule has 5 heterocycles. The minimum atomic E-state index is -2.92. The molecule has 0 unspecified atom stereocenters. The fourth-order valence-electron chi connectivity index (χ4n) is 6.66. The summed E-state index contributed by atoms with van der Waals surface area (Å²) in [6, 6.07) is 10.3. The Morgan fingerprint density at radius 1 is 1.03 bits per heavy atom. The summed E-state index contributed by atoms with van der Waals surface area (Å²) >= 11 is 6.37. The van der Waals surface area contributed by atoms with Gasteiger partial charge in [0, 0.05) is 47.7 Å². The summed E-state index contributed by atoms with van der Waals surface area (Å²) in [6.45, 7) is 7.50. The first kappa shape index (κ1) is 22.7. The summed E-state index contributed by atoms with van der Waals surface area (Å²) in [7, 11) is -2.92. The zero-order valence-electron chi connectivity index (χ0n) is 20.5. The van der Waals surface area contributed by atoms with Crippen molar-refractivity contribution in [1.29, 1.82) is 0 Å². The van der Waals surface area contributed by atoms with E-state index in [1.807, 2.05) is 12.1 Å². The molecule has 4 aliphatic rings. The van der Waals surface area contributed by atoms with Crippen LogP contribution in [0.2, 0.25) is 5.02 Å². The summed E-state index contributed by atoms with van der Waals surface area (Å²) < 4.78 is 25.9. The van der Waals surface area contributed by atoms with Gasteiger partial charge >= 0.3 is 0 Å². The molecule has 188 valence electrons. The maximum absolute atomic E-state index is 11.9. The highest BCUT2D eigenvalue weighted by molar-refractivity contribution is 7.92. The van der Waals surface area contributed by atoms with Gasteiger partial charge in [-0.1, -0.05) is 11.6 Å². The number of aryl methyl sites for hydroxylation is 2. The number of anilines is 1. The molecule has 8 nitrogen and oxygen atoms in total. The second kappa shape index (κ2) is 7.76. The SMILES string of the molecule is Cc1cc(C)nc(N2CC3(CC(c4nnc5n4-c4ccc(Cl)cc4CN(C4CS(=O)(=O)C4)C5)C3)C2)c1. The van der Waals surface area contributed by atoms with Crippen molar-refractivity contribution >= 4 is 27.3 Å². The molecule has 10 heteroatoms. The van der Waals surface area contributed by atoms with Crippen molar-refractivity contribution in [3.8, 4) is 5.69 Å². The lowest BCUT2D eigenvalue weighted by atomic mass is 9.57. The predicted octanol–water partition coefficient (Wildman–Crippen LogP) is 3.43. The molecule has 36 heavy (non-hydrogen) atoms. The van der Waals surface area contributed by atoms with E-state index < -0.39 is 9.84 Å². The quantitative estimate of drug-likeness (QED) is 0.519. The first-order valence-corrected chi connectivity index (χ1v) is 14.7. The Balaban J connectivity index is 1.13. The number of aromatic nitrogens is 4. The van der Waals surface area contributed by atoms with Gasteiger partial charge in [0.2, 0.25) is 0 Å². The van der Waals surface area contributed by atoms with Crippen molar-refractivity contribution in [2.45, 2.75) is 51.7 Å². The summed E-state index contributed by atoms with van der Waals surface area (Å²) in [5.74, 6) is 3.76. The first-order chi connectivity index (χ1) is 17.2. The van der Waals surface area contributed by atoms with E-state index in [2.05, 4.69) is 56.6 Å². The van der Waals surface area contributed by atoms with Gasteiger partial charge in [0.15, 0.2) is 15.7 Å². The number of pyridine rings is 1. The second-order valence-electron chi connectivity index (χ2n) is 11.3. The zero-order chi connectivity index (χ0) is 24.8. The summed E-state index contributed by atoms with van der Waals surface area (Å²) in [5.41, 5.74) is 4.81. The van der Waals surface area contributed by atoms with Crippen LogP contribution in [0.15, 0.2) is 30.3 Å². The van der Waals surface area contributed by atoms with Crippen LogP contribution in [0.25, 0.3) is 5.69 Å². The van der Waals surface area contributed by atoms with Gasteiger partial charge in [-0.25, -0.2) is 13.4 Å². The van der Waals surface area contributed by atoms with Crippen molar-refractivity contribution in [3.05, 3.63) is 63.8 Å². The Bertz CT molecular complexity index is 1460. The average Bonchev–Trinajstić information content (AvgIpc) is 3.04. The maximum atomic E-state index is 11.9. The van der Waals surface area contributed by atoms with E-state index in [1.54, 1.807) is 0 Å². The van der Waals surface area contributed by atoms with Crippen LogP contribution in [0.4, 0.5) is 5.82 Å². The van der Waals surface area contributed by atoms with Gasteiger partial charge in [0.05, 0.1) is 23.7 Å². The Labute approximate surface area is 216 Å². The summed E-state index contributed by atoms with van der Waals surface area (Å²) in [5, 5.41) is 9.98. The van der Waals surface area contributed by atoms with Crippen molar-refractivity contribution in [2.75, 3.05) is 29.5 Å². The number of benzene rings is 1. The highest BCUT2D eigenvalue weighted by Crippen LogP contribution is 2.56. The van der Waals surface area contributed by atoms with Crippen molar-refractivity contribution in [2.24, 2.45) is 5.41 Å². The molecule has 0 amide bonds. The van der Waals surface area contributed by atoms with E-state index in [9.17, 15) is 8.42 Å². The van der Waals surface area contributed by atoms with Crippen molar-refractivity contribution in [1.82, 2.24) is 24.6 Å². The van der Waals surface area contributed by atoms with E-state index in [-0.39, 0.29) is 17.5 Å². The molecule has 3 fully saturated rings. The van der Waals surface area contributed by atoms with Gasteiger partial charge in [0.1, 0.15) is 11.6 Å². The fourth-order valence-corrected chi connectivity index (χ4v) is 8.35. The van der Waals surface area contributed by atoms with Crippen LogP contribution in [0.3, 0.4) is 0 Å². The molecule has 3 aliphatic heterocycles. The molecule has 3 aromatic rings. The Morgan fingerprint density at radius 3 is 2.53 bits per heavy atom. The van der Waals surface area contributed by atoms with E-state index >= 15 is 0 Å². The molecule has 1 aromatic carbocycles. The highest BCUT2D eigenvalue weighted by Gasteiger charge is 2.54.